The Kier molecular flexibility index (Phi) is 9.22. The molecule has 0 bridgehead atoms. The number of ether oxygens (including phenoxy) is 1. The molecule has 2 unspecified atom stereocenters. The van der Waals surface area contributed by atoms with Gasteiger partial charge in [-0.05, 0) is 54.5 Å². The molecule has 1 amide bonds. The van der Waals surface area contributed by atoms with Crippen molar-refractivity contribution in [3.05, 3.63) is 70.4 Å². The van der Waals surface area contributed by atoms with Gasteiger partial charge >= 0.3 is 11.9 Å². The van der Waals surface area contributed by atoms with Crippen molar-refractivity contribution in [1.29, 1.82) is 0 Å². The molecule has 2 atom stereocenters. The van der Waals surface area contributed by atoms with Crippen LogP contribution < -0.4 is 10.6 Å². The van der Waals surface area contributed by atoms with Crippen LogP contribution in [0.2, 0.25) is 10.0 Å². The molecule has 2 aromatic rings. The Morgan fingerprint density at radius 2 is 1.91 bits per heavy atom. The van der Waals surface area contributed by atoms with Crippen molar-refractivity contribution in [2.24, 2.45) is 4.99 Å². The summed E-state index contributed by atoms with van der Waals surface area (Å²) in [5, 5.41) is 15.7. The lowest BCUT2D eigenvalue weighted by molar-refractivity contribution is -0.150. The summed E-state index contributed by atoms with van der Waals surface area (Å²) in [5.74, 6) is -1.66. The zero-order valence-electron chi connectivity index (χ0n) is 18.6. The van der Waals surface area contributed by atoms with Crippen molar-refractivity contribution in [2.75, 3.05) is 18.5 Å². The largest absolute Gasteiger partial charge is 0.481 e. The molecule has 1 aromatic heterocycles. The van der Waals surface area contributed by atoms with Crippen molar-refractivity contribution in [3.8, 4) is 0 Å². The summed E-state index contributed by atoms with van der Waals surface area (Å²) >= 11 is 12.1. The average Bonchev–Trinajstić information content (AvgIpc) is 3.27. The molecule has 0 aliphatic carbocycles. The first-order valence-corrected chi connectivity index (χ1v) is 11.6. The summed E-state index contributed by atoms with van der Waals surface area (Å²) in [6, 6.07) is 9.14. The van der Waals surface area contributed by atoms with E-state index in [1.807, 2.05) is 18.2 Å². The van der Waals surface area contributed by atoms with E-state index in [0.29, 0.717) is 34.4 Å². The fourth-order valence-electron chi connectivity index (χ4n) is 3.46. The van der Waals surface area contributed by atoms with Gasteiger partial charge in [-0.2, -0.15) is 0 Å². The molecule has 0 spiro atoms. The molecule has 0 saturated carbocycles. The predicted octanol–water partition coefficient (Wildman–Crippen LogP) is 3.84. The van der Waals surface area contributed by atoms with Crippen LogP contribution in [0.5, 0.6) is 0 Å². The van der Waals surface area contributed by atoms with Crippen molar-refractivity contribution in [2.45, 2.75) is 30.8 Å². The molecule has 1 aliphatic heterocycles. The van der Waals surface area contributed by atoms with Crippen molar-refractivity contribution < 1.29 is 24.2 Å². The van der Waals surface area contributed by atoms with Crippen LogP contribution in [-0.2, 0) is 19.1 Å². The molecule has 3 N–H and O–H groups in total. The van der Waals surface area contributed by atoms with Crippen LogP contribution in [0.15, 0.2) is 59.7 Å². The van der Waals surface area contributed by atoms with E-state index < -0.39 is 35.8 Å². The summed E-state index contributed by atoms with van der Waals surface area (Å²) in [5.41, 5.74) is -1.08. The number of allylic oxidation sites excluding steroid dienone is 1. The minimum absolute atomic E-state index is 0.119. The molecule has 0 fully saturated rings. The first-order valence-electron chi connectivity index (χ1n) is 10.8. The van der Waals surface area contributed by atoms with Crippen molar-refractivity contribution in [1.82, 2.24) is 10.3 Å². The fourth-order valence-corrected chi connectivity index (χ4v) is 4.00. The number of carboxylic acid groups (broad SMARTS) is 1. The van der Waals surface area contributed by atoms with Gasteiger partial charge in [-0.3, -0.25) is 14.6 Å². The number of carboxylic acids is 1. The number of rotatable bonds is 12. The molecule has 1 aromatic carbocycles. The maximum atomic E-state index is 12.9. The number of anilines is 1. The van der Waals surface area contributed by atoms with Gasteiger partial charge in [-0.25, -0.2) is 9.78 Å². The summed E-state index contributed by atoms with van der Waals surface area (Å²) in [7, 11) is 0. The highest BCUT2D eigenvalue weighted by Crippen LogP contribution is 2.28. The second-order valence-electron chi connectivity index (χ2n) is 7.79. The SMILES string of the molecule is O=C(O)CC(NC(=O)CC1(C(=O)OCCCNc2ccccn2)C=CC=N1)c1cc(Cl)cc(Cl)c1. The maximum Gasteiger partial charge on any atom is 0.338 e. The molecule has 1 aliphatic rings. The van der Waals surface area contributed by atoms with Crippen LogP contribution >= 0.6 is 23.2 Å². The van der Waals surface area contributed by atoms with Gasteiger partial charge in [0.25, 0.3) is 0 Å². The maximum absolute atomic E-state index is 12.9. The lowest BCUT2D eigenvalue weighted by atomic mass is 9.95. The average molecular weight is 519 g/mol. The van der Waals surface area contributed by atoms with E-state index in [-0.39, 0.29) is 13.0 Å². The summed E-state index contributed by atoms with van der Waals surface area (Å²) < 4.78 is 5.38. The standard InChI is InChI=1S/C24H24Cl2N4O5/c25-17-11-16(12-18(26)13-17)19(14-22(32)33)30-21(31)15-24(6-3-9-29-24)23(34)35-10-4-8-28-20-5-1-2-7-27-20/h1-3,5-7,9,11-13,19H,4,8,10,14-15H2,(H,27,28)(H,30,31)(H,32,33). The number of aliphatic carboxylic acids is 1. The second-order valence-corrected chi connectivity index (χ2v) is 8.66. The smallest absolute Gasteiger partial charge is 0.338 e. The second kappa shape index (κ2) is 12.3. The number of carbonyl (C=O) groups is 3. The zero-order valence-corrected chi connectivity index (χ0v) is 20.1. The molecule has 2 heterocycles. The highest BCUT2D eigenvalue weighted by atomic mass is 35.5. The lowest BCUT2D eigenvalue weighted by Gasteiger charge is -2.24. The Bertz CT molecular complexity index is 1090. The number of hydrogen-bond acceptors (Lipinski definition) is 7. The summed E-state index contributed by atoms with van der Waals surface area (Å²) in [6.07, 6.45) is 5.91. The molecule has 9 nitrogen and oxygen atoms in total. The van der Waals surface area contributed by atoms with E-state index in [9.17, 15) is 19.5 Å². The molecule has 0 radical (unpaired) electrons. The highest BCUT2D eigenvalue weighted by Gasteiger charge is 2.41. The molecule has 184 valence electrons. The van der Waals surface area contributed by atoms with Crippen LogP contribution in [0, 0.1) is 0 Å². The van der Waals surface area contributed by atoms with Gasteiger partial charge in [0.1, 0.15) is 5.82 Å². The Hall–Kier alpha value is -3.43. The minimum atomic E-state index is -1.52. The van der Waals surface area contributed by atoms with Gasteiger partial charge in [0, 0.05) is 29.0 Å². The molecule has 35 heavy (non-hydrogen) atoms. The van der Waals surface area contributed by atoms with Crippen LogP contribution in [0.1, 0.15) is 30.9 Å². The third-order valence-corrected chi connectivity index (χ3v) is 5.51. The predicted molar refractivity (Wildman–Crippen MR) is 133 cm³/mol. The van der Waals surface area contributed by atoms with E-state index in [1.165, 1.54) is 30.5 Å². The first kappa shape index (κ1) is 26.2. The number of carbonyl (C=O) groups excluding carboxylic acids is 2. The number of halogens is 2. The van der Waals surface area contributed by atoms with Gasteiger partial charge < -0.3 is 20.5 Å². The quantitative estimate of drug-likeness (QED) is 0.287. The van der Waals surface area contributed by atoms with Crippen LogP contribution in [-0.4, -0.2) is 52.8 Å². The molecule has 11 heteroatoms. The van der Waals surface area contributed by atoms with Crippen LogP contribution in [0.4, 0.5) is 5.82 Å². The number of nitrogens with zero attached hydrogens (tertiary/aromatic N) is 2. The van der Waals surface area contributed by atoms with Crippen LogP contribution in [0.3, 0.4) is 0 Å². The van der Waals surface area contributed by atoms with Crippen molar-refractivity contribution in [3.63, 3.8) is 0 Å². The number of aromatic nitrogens is 1. The molecule has 0 saturated heterocycles. The van der Waals surface area contributed by atoms with Crippen molar-refractivity contribution >= 4 is 53.1 Å². The van der Waals surface area contributed by atoms with Gasteiger partial charge in [0.05, 0.1) is 25.5 Å². The van der Waals surface area contributed by atoms with E-state index in [0.717, 1.165) is 0 Å². The lowest BCUT2D eigenvalue weighted by Crippen LogP contribution is -2.42. The molecular formula is C24H24Cl2N4O5. The zero-order chi connectivity index (χ0) is 25.3. The monoisotopic (exact) mass is 518 g/mol. The van der Waals surface area contributed by atoms with Gasteiger partial charge in [0.2, 0.25) is 5.91 Å². The first-order chi connectivity index (χ1) is 16.8. The van der Waals surface area contributed by atoms with E-state index in [2.05, 4.69) is 20.6 Å². The van der Waals surface area contributed by atoms with Gasteiger partial charge in [-0.1, -0.05) is 29.3 Å². The number of esters is 1. The fraction of sp³-hybridized carbons (Fsp3) is 0.292. The van der Waals surface area contributed by atoms with E-state index in [1.54, 1.807) is 12.3 Å². The third-order valence-electron chi connectivity index (χ3n) is 5.07. The number of benzene rings is 1. The Morgan fingerprint density at radius 1 is 1.14 bits per heavy atom. The number of aliphatic imine (C=N–C) groups is 1. The highest BCUT2D eigenvalue weighted by molar-refractivity contribution is 6.34. The summed E-state index contributed by atoms with van der Waals surface area (Å²) in [4.78, 5) is 45.4. The minimum Gasteiger partial charge on any atom is -0.481 e. The third kappa shape index (κ3) is 7.80. The van der Waals surface area contributed by atoms with Gasteiger partial charge in [-0.15, -0.1) is 0 Å². The Balaban J connectivity index is 1.58. The number of hydrogen-bond donors (Lipinski definition) is 3. The molecule has 3 rings (SSSR count). The van der Waals surface area contributed by atoms with E-state index in [4.69, 9.17) is 27.9 Å². The topological polar surface area (TPSA) is 130 Å². The number of nitrogens with one attached hydrogen (secondary N) is 2. The molecular weight excluding hydrogens is 495 g/mol. The Morgan fingerprint density at radius 3 is 2.54 bits per heavy atom. The summed E-state index contributed by atoms with van der Waals surface area (Å²) in [6.45, 7) is 0.657. The normalized spacial score (nSPS) is 17.1. The van der Waals surface area contributed by atoms with Gasteiger partial charge in [0.15, 0.2) is 5.54 Å². The Labute approximate surface area is 212 Å². The number of pyridine rings is 1. The number of amides is 1. The van der Waals surface area contributed by atoms with Crippen LogP contribution in [0.25, 0.3) is 0 Å². The van der Waals surface area contributed by atoms with E-state index >= 15 is 0 Å².